The highest BCUT2D eigenvalue weighted by atomic mass is 32.1. The number of nitriles is 1. The molecule has 4 heteroatoms. The molecule has 0 fully saturated rings. The van der Waals surface area contributed by atoms with Gasteiger partial charge in [-0.05, 0) is 36.1 Å². The van der Waals surface area contributed by atoms with Crippen LogP contribution in [0.15, 0.2) is 41.8 Å². The molecule has 1 aromatic carbocycles. The quantitative estimate of drug-likeness (QED) is 0.879. The summed E-state index contributed by atoms with van der Waals surface area (Å²) in [5.41, 5.74) is 1.43. The maximum atomic E-state index is 10.1. The van der Waals surface area contributed by atoms with Crippen LogP contribution in [-0.2, 0) is 0 Å². The molecule has 0 amide bonds. The van der Waals surface area contributed by atoms with Gasteiger partial charge in [-0.25, -0.2) is 0 Å². The molecule has 0 aliphatic heterocycles. The standard InChI is InChI=1S/C15H16N2OS/c1-11(15-3-2-8-19-15)17-10-14(18)13-6-4-12(9-16)5-7-13/h2-8,11,14,17-18H,10H2,1H3/t11-,14?/m1/s1. The predicted octanol–water partition coefficient (Wildman–Crippen LogP) is 3.00. The number of thiophene rings is 1. The Morgan fingerprint density at radius 1 is 1.32 bits per heavy atom. The maximum Gasteiger partial charge on any atom is 0.0991 e. The van der Waals surface area contributed by atoms with Crippen LogP contribution in [0.4, 0.5) is 0 Å². The second-order valence-electron chi connectivity index (χ2n) is 4.39. The van der Waals surface area contributed by atoms with Gasteiger partial charge in [0.15, 0.2) is 0 Å². The molecule has 1 unspecified atom stereocenters. The molecule has 98 valence electrons. The molecule has 2 rings (SSSR count). The Morgan fingerprint density at radius 2 is 2.05 bits per heavy atom. The van der Waals surface area contributed by atoms with E-state index in [4.69, 9.17) is 5.26 Å². The first-order chi connectivity index (χ1) is 9.20. The first kappa shape index (κ1) is 13.8. The van der Waals surface area contributed by atoms with Crippen molar-refractivity contribution in [2.45, 2.75) is 19.1 Å². The third kappa shape index (κ3) is 3.65. The third-order valence-electron chi connectivity index (χ3n) is 3.01. The highest BCUT2D eigenvalue weighted by molar-refractivity contribution is 7.10. The van der Waals surface area contributed by atoms with Crippen LogP contribution in [0.2, 0.25) is 0 Å². The van der Waals surface area contributed by atoms with Crippen LogP contribution >= 0.6 is 11.3 Å². The summed E-state index contributed by atoms with van der Waals surface area (Å²) in [6, 6.07) is 13.4. The summed E-state index contributed by atoms with van der Waals surface area (Å²) in [5.74, 6) is 0. The summed E-state index contributed by atoms with van der Waals surface area (Å²) >= 11 is 1.70. The van der Waals surface area contributed by atoms with Crippen LogP contribution < -0.4 is 5.32 Å². The third-order valence-corrected chi connectivity index (χ3v) is 4.07. The minimum atomic E-state index is -0.560. The predicted molar refractivity (Wildman–Crippen MR) is 76.9 cm³/mol. The minimum absolute atomic E-state index is 0.230. The molecule has 1 heterocycles. The zero-order valence-corrected chi connectivity index (χ0v) is 11.5. The van der Waals surface area contributed by atoms with Gasteiger partial charge < -0.3 is 10.4 Å². The van der Waals surface area contributed by atoms with Crippen LogP contribution in [-0.4, -0.2) is 11.7 Å². The zero-order valence-electron chi connectivity index (χ0n) is 10.7. The number of hydrogen-bond acceptors (Lipinski definition) is 4. The lowest BCUT2D eigenvalue weighted by Gasteiger charge is -2.16. The van der Waals surface area contributed by atoms with Gasteiger partial charge in [-0.15, -0.1) is 11.3 Å². The van der Waals surface area contributed by atoms with Crippen LogP contribution in [0.3, 0.4) is 0 Å². The summed E-state index contributed by atoms with van der Waals surface area (Å²) in [5, 5.41) is 24.2. The highest BCUT2D eigenvalue weighted by Crippen LogP contribution is 2.19. The summed E-state index contributed by atoms with van der Waals surface area (Å²) in [4.78, 5) is 1.26. The average Bonchev–Trinajstić information content (AvgIpc) is 2.98. The van der Waals surface area contributed by atoms with Gasteiger partial charge in [-0.1, -0.05) is 18.2 Å². The Bertz CT molecular complexity index is 543. The van der Waals surface area contributed by atoms with Crippen molar-refractivity contribution in [3.63, 3.8) is 0 Å². The SMILES string of the molecule is C[C@@H](NCC(O)c1ccc(C#N)cc1)c1cccs1. The van der Waals surface area contributed by atoms with E-state index in [9.17, 15) is 5.11 Å². The van der Waals surface area contributed by atoms with Crippen molar-refractivity contribution in [3.8, 4) is 6.07 Å². The maximum absolute atomic E-state index is 10.1. The van der Waals surface area contributed by atoms with Crippen LogP contribution in [0.1, 0.15) is 35.1 Å². The second kappa shape index (κ2) is 6.48. The molecule has 0 saturated heterocycles. The van der Waals surface area contributed by atoms with E-state index in [1.807, 2.05) is 11.4 Å². The van der Waals surface area contributed by atoms with E-state index in [2.05, 4.69) is 24.4 Å². The molecule has 0 spiro atoms. The largest absolute Gasteiger partial charge is 0.387 e. The van der Waals surface area contributed by atoms with E-state index in [1.165, 1.54) is 4.88 Å². The number of nitrogens with zero attached hydrogens (tertiary/aromatic N) is 1. The fourth-order valence-corrected chi connectivity index (χ4v) is 2.58. The number of benzene rings is 1. The Morgan fingerprint density at radius 3 is 2.63 bits per heavy atom. The van der Waals surface area contributed by atoms with E-state index in [0.29, 0.717) is 12.1 Å². The molecule has 0 aliphatic rings. The lowest BCUT2D eigenvalue weighted by molar-refractivity contribution is 0.171. The fraction of sp³-hybridized carbons (Fsp3) is 0.267. The molecule has 1 aromatic heterocycles. The molecule has 0 radical (unpaired) electrons. The van der Waals surface area contributed by atoms with E-state index in [-0.39, 0.29) is 6.04 Å². The molecule has 2 N–H and O–H groups in total. The summed E-state index contributed by atoms with van der Waals surface area (Å²) in [6.45, 7) is 2.57. The van der Waals surface area contributed by atoms with Gasteiger partial charge >= 0.3 is 0 Å². The zero-order chi connectivity index (χ0) is 13.7. The van der Waals surface area contributed by atoms with Gasteiger partial charge in [0.2, 0.25) is 0 Å². The molecule has 0 aliphatic carbocycles. The minimum Gasteiger partial charge on any atom is -0.387 e. The van der Waals surface area contributed by atoms with Crippen molar-refractivity contribution < 1.29 is 5.11 Å². The van der Waals surface area contributed by atoms with Crippen molar-refractivity contribution >= 4 is 11.3 Å². The van der Waals surface area contributed by atoms with Gasteiger partial charge in [-0.2, -0.15) is 5.26 Å². The summed E-state index contributed by atoms with van der Waals surface area (Å²) in [6.07, 6.45) is -0.560. The Hall–Kier alpha value is -1.67. The Kier molecular flexibility index (Phi) is 4.69. The highest BCUT2D eigenvalue weighted by Gasteiger charge is 2.11. The smallest absolute Gasteiger partial charge is 0.0991 e. The second-order valence-corrected chi connectivity index (χ2v) is 5.37. The average molecular weight is 272 g/mol. The summed E-state index contributed by atoms with van der Waals surface area (Å²) < 4.78 is 0. The number of aliphatic hydroxyl groups is 1. The van der Waals surface area contributed by atoms with Crippen LogP contribution in [0, 0.1) is 11.3 Å². The van der Waals surface area contributed by atoms with Crippen molar-refractivity contribution in [2.24, 2.45) is 0 Å². The summed E-state index contributed by atoms with van der Waals surface area (Å²) in [7, 11) is 0. The number of aliphatic hydroxyl groups excluding tert-OH is 1. The van der Waals surface area contributed by atoms with Crippen LogP contribution in [0.5, 0.6) is 0 Å². The molecular weight excluding hydrogens is 256 g/mol. The van der Waals surface area contributed by atoms with Gasteiger partial charge in [-0.3, -0.25) is 0 Å². The fourth-order valence-electron chi connectivity index (χ4n) is 1.82. The Balaban J connectivity index is 1.90. The first-order valence-corrected chi connectivity index (χ1v) is 7.03. The Labute approximate surface area is 117 Å². The lowest BCUT2D eigenvalue weighted by Crippen LogP contribution is -2.24. The topological polar surface area (TPSA) is 56.0 Å². The first-order valence-electron chi connectivity index (χ1n) is 6.15. The molecule has 0 saturated carbocycles. The molecule has 2 aromatic rings. The molecular formula is C15H16N2OS. The molecule has 2 atom stereocenters. The van der Waals surface area contributed by atoms with Gasteiger partial charge in [0.1, 0.15) is 0 Å². The van der Waals surface area contributed by atoms with E-state index in [1.54, 1.807) is 35.6 Å². The monoisotopic (exact) mass is 272 g/mol. The molecule has 19 heavy (non-hydrogen) atoms. The van der Waals surface area contributed by atoms with E-state index < -0.39 is 6.10 Å². The number of nitrogens with one attached hydrogen (secondary N) is 1. The van der Waals surface area contributed by atoms with E-state index in [0.717, 1.165) is 5.56 Å². The number of hydrogen-bond donors (Lipinski definition) is 2. The van der Waals surface area contributed by atoms with E-state index >= 15 is 0 Å². The molecule has 3 nitrogen and oxygen atoms in total. The van der Waals surface area contributed by atoms with Gasteiger partial charge in [0.05, 0.1) is 17.7 Å². The number of rotatable bonds is 5. The van der Waals surface area contributed by atoms with Crippen molar-refractivity contribution in [3.05, 3.63) is 57.8 Å². The normalized spacial score (nSPS) is 13.7. The van der Waals surface area contributed by atoms with Crippen molar-refractivity contribution in [1.82, 2.24) is 5.32 Å². The van der Waals surface area contributed by atoms with Gasteiger partial charge in [0.25, 0.3) is 0 Å². The van der Waals surface area contributed by atoms with Gasteiger partial charge in [0, 0.05) is 17.5 Å². The van der Waals surface area contributed by atoms with Crippen molar-refractivity contribution in [1.29, 1.82) is 5.26 Å². The van der Waals surface area contributed by atoms with Crippen LogP contribution in [0.25, 0.3) is 0 Å². The lowest BCUT2D eigenvalue weighted by atomic mass is 10.1. The van der Waals surface area contributed by atoms with Crippen molar-refractivity contribution in [2.75, 3.05) is 6.54 Å². The molecule has 0 bridgehead atoms.